The number of benzene rings is 1. The van der Waals surface area contributed by atoms with Crippen LogP contribution in [0.15, 0.2) is 24.3 Å². The summed E-state index contributed by atoms with van der Waals surface area (Å²) >= 11 is 5.62. The van der Waals surface area contributed by atoms with Gasteiger partial charge in [-0.1, -0.05) is 17.7 Å². The fraction of sp³-hybridized carbons (Fsp3) is 0.286. The van der Waals surface area contributed by atoms with E-state index in [1.54, 1.807) is 0 Å². The summed E-state index contributed by atoms with van der Waals surface area (Å²) in [6.45, 7) is 0. The number of carbonyl (C=O) groups excluding carboxylic acids is 1. The smallest absolute Gasteiger partial charge is 0.329 e. The van der Waals surface area contributed by atoms with E-state index >= 15 is 0 Å². The summed E-state index contributed by atoms with van der Waals surface area (Å²) < 4.78 is 13.0. The van der Waals surface area contributed by atoms with Crippen molar-refractivity contribution < 1.29 is 19.1 Å². The van der Waals surface area contributed by atoms with Gasteiger partial charge in [0.15, 0.2) is 0 Å². The van der Waals surface area contributed by atoms with Crippen molar-refractivity contribution in [1.82, 2.24) is 5.32 Å². The normalized spacial score (nSPS) is 16.7. The van der Waals surface area contributed by atoms with Crippen molar-refractivity contribution in [3.63, 3.8) is 0 Å². The van der Waals surface area contributed by atoms with Crippen molar-refractivity contribution in [2.45, 2.75) is 24.8 Å². The van der Waals surface area contributed by atoms with Gasteiger partial charge in [-0.2, -0.15) is 0 Å². The quantitative estimate of drug-likeness (QED) is 0.840. The zero-order chi connectivity index (χ0) is 14.8. The first-order chi connectivity index (χ1) is 9.43. The summed E-state index contributed by atoms with van der Waals surface area (Å²) in [7, 11) is 0. The second-order valence-electron chi connectivity index (χ2n) is 4.74. The summed E-state index contributed by atoms with van der Waals surface area (Å²) in [6, 6.07) is 4.06. The largest absolute Gasteiger partial charge is 0.480 e. The van der Waals surface area contributed by atoms with Crippen molar-refractivity contribution in [2.24, 2.45) is 0 Å². The van der Waals surface area contributed by atoms with Crippen LogP contribution in [0, 0.1) is 5.82 Å². The second kappa shape index (κ2) is 5.63. The van der Waals surface area contributed by atoms with Gasteiger partial charge >= 0.3 is 5.97 Å². The van der Waals surface area contributed by atoms with E-state index < -0.39 is 23.2 Å². The van der Waals surface area contributed by atoms with Crippen LogP contribution in [0.1, 0.15) is 24.8 Å². The molecular formula is C14H13ClFNO3. The summed E-state index contributed by atoms with van der Waals surface area (Å²) in [6.07, 6.45) is 4.32. The van der Waals surface area contributed by atoms with Crippen LogP contribution in [0.5, 0.6) is 0 Å². The number of halogens is 2. The lowest BCUT2D eigenvalue weighted by Gasteiger charge is -2.37. The number of carboxylic acid groups (broad SMARTS) is 1. The number of hydrogen-bond acceptors (Lipinski definition) is 2. The van der Waals surface area contributed by atoms with Crippen LogP contribution in [0.25, 0.3) is 6.08 Å². The summed E-state index contributed by atoms with van der Waals surface area (Å²) in [5, 5.41) is 11.5. The molecule has 2 rings (SSSR count). The Morgan fingerprint density at radius 2 is 2.10 bits per heavy atom. The maximum Gasteiger partial charge on any atom is 0.329 e. The van der Waals surface area contributed by atoms with Crippen LogP contribution in [-0.4, -0.2) is 22.5 Å². The van der Waals surface area contributed by atoms with Crippen molar-refractivity contribution in [3.8, 4) is 0 Å². The molecule has 0 aliphatic heterocycles. The zero-order valence-corrected chi connectivity index (χ0v) is 11.3. The molecule has 1 aromatic rings. The van der Waals surface area contributed by atoms with Gasteiger partial charge in [0.05, 0.1) is 5.02 Å². The molecule has 0 aromatic heterocycles. The van der Waals surface area contributed by atoms with E-state index in [4.69, 9.17) is 16.7 Å². The lowest BCUT2D eigenvalue weighted by atomic mass is 9.77. The molecule has 1 aliphatic rings. The predicted octanol–water partition coefficient (Wildman–Crippen LogP) is 2.62. The first-order valence-electron chi connectivity index (χ1n) is 6.12. The number of aliphatic carboxylic acids is 1. The SMILES string of the molecule is O=C(/C=C/c1ccc(F)c(Cl)c1)NC1(C(=O)O)CCC1. The van der Waals surface area contributed by atoms with Crippen LogP contribution in [0.3, 0.4) is 0 Å². The highest BCUT2D eigenvalue weighted by molar-refractivity contribution is 6.30. The molecule has 0 heterocycles. The topological polar surface area (TPSA) is 66.4 Å². The molecule has 1 saturated carbocycles. The first-order valence-corrected chi connectivity index (χ1v) is 6.49. The Labute approximate surface area is 120 Å². The first kappa shape index (κ1) is 14.5. The molecule has 6 heteroatoms. The molecule has 0 saturated heterocycles. The van der Waals surface area contributed by atoms with E-state index in [1.807, 2.05) is 0 Å². The van der Waals surface area contributed by atoms with Crippen molar-refractivity contribution in [1.29, 1.82) is 0 Å². The average molecular weight is 298 g/mol. The maximum atomic E-state index is 13.0. The minimum atomic E-state index is -1.14. The number of nitrogens with one attached hydrogen (secondary N) is 1. The summed E-state index contributed by atoms with van der Waals surface area (Å²) in [4.78, 5) is 22.8. The van der Waals surface area contributed by atoms with Gasteiger partial charge in [-0.05, 0) is 43.0 Å². The van der Waals surface area contributed by atoms with E-state index in [0.29, 0.717) is 18.4 Å². The van der Waals surface area contributed by atoms with E-state index in [1.165, 1.54) is 30.4 Å². The highest BCUT2D eigenvalue weighted by Crippen LogP contribution is 2.32. The Morgan fingerprint density at radius 1 is 1.40 bits per heavy atom. The fourth-order valence-corrected chi connectivity index (χ4v) is 2.18. The molecule has 0 spiro atoms. The molecule has 2 N–H and O–H groups in total. The highest BCUT2D eigenvalue weighted by atomic mass is 35.5. The Morgan fingerprint density at radius 3 is 2.60 bits per heavy atom. The van der Waals surface area contributed by atoms with Gasteiger partial charge in [-0.25, -0.2) is 9.18 Å². The Balaban J connectivity index is 2.02. The van der Waals surface area contributed by atoms with Crippen LogP contribution in [-0.2, 0) is 9.59 Å². The Bertz CT molecular complexity index is 582. The Kier molecular flexibility index (Phi) is 4.09. The van der Waals surface area contributed by atoms with Gasteiger partial charge in [0.1, 0.15) is 11.4 Å². The Hall–Kier alpha value is -1.88. The number of hydrogen-bond donors (Lipinski definition) is 2. The van der Waals surface area contributed by atoms with Gasteiger partial charge in [-0.15, -0.1) is 0 Å². The molecule has 1 amide bonds. The lowest BCUT2D eigenvalue weighted by molar-refractivity contribution is -0.151. The third-order valence-corrected chi connectivity index (χ3v) is 3.64. The molecule has 1 aliphatic carbocycles. The molecule has 0 bridgehead atoms. The average Bonchev–Trinajstić information content (AvgIpc) is 2.35. The minimum absolute atomic E-state index is 0.0337. The van der Waals surface area contributed by atoms with Crippen LogP contribution in [0.2, 0.25) is 5.02 Å². The monoisotopic (exact) mass is 297 g/mol. The lowest BCUT2D eigenvalue weighted by Crippen LogP contribution is -2.58. The van der Waals surface area contributed by atoms with Crippen molar-refractivity contribution >= 4 is 29.6 Å². The van der Waals surface area contributed by atoms with E-state index in [9.17, 15) is 14.0 Å². The minimum Gasteiger partial charge on any atom is -0.480 e. The van der Waals surface area contributed by atoms with Gasteiger partial charge in [0, 0.05) is 6.08 Å². The molecule has 0 radical (unpaired) electrons. The van der Waals surface area contributed by atoms with Gasteiger partial charge < -0.3 is 10.4 Å². The zero-order valence-electron chi connectivity index (χ0n) is 10.5. The maximum absolute atomic E-state index is 13.0. The molecule has 0 unspecified atom stereocenters. The fourth-order valence-electron chi connectivity index (χ4n) is 1.99. The van der Waals surface area contributed by atoms with E-state index in [0.717, 1.165) is 6.42 Å². The second-order valence-corrected chi connectivity index (χ2v) is 5.14. The number of carbonyl (C=O) groups is 2. The predicted molar refractivity (Wildman–Crippen MR) is 72.8 cm³/mol. The molecule has 1 fully saturated rings. The molecule has 1 aromatic carbocycles. The third kappa shape index (κ3) is 2.99. The molecule has 0 atom stereocenters. The molecule has 20 heavy (non-hydrogen) atoms. The molecular weight excluding hydrogens is 285 g/mol. The van der Waals surface area contributed by atoms with Crippen LogP contribution >= 0.6 is 11.6 Å². The molecule has 106 valence electrons. The molecule has 4 nitrogen and oxygen atoms in total. The summed E-state index contributed by atoms with van der Waals surface area (Å²) in [5.74, 6) is -2.05. The number of carboxylic acids is 1. The number of amides is 1. The third-order valence-electron chi connectivity index (χ3n) is 3.35. The van der Waals surface area contributed by atoms with Crippen LogP contribution in [0.4, 0.5) is 4.39 Å². The van der Waals surface area contributed by atoms with E-state index in [2.05, 4.69) is 5.32 Å². The van der Waals surface area contributed by atoms with Gasteiger partial charge in [0.25, 0.3) is 0 Å². The number of rotatable bonds is 4. The van der Waals surface area contributed by atoms with Gasteiger partial charge in [-0.3, -0.25) is 4.79 Å². The van der Waals surface area contributed by atoms with Crippen molar-refractivity contribution in [2.75, 3.05) is 0 Å². The van der Waals surface area contributed by atoms with Crippen LogP contribution < -0.4 is 5.32 Å². The standard InChI is InChI=1S/C14H13ClFNO3/c15-10-8-9(2-4-11(10)16)3-5-12(18)17-14(13(19)20)6-1-7-14/h2-5,8H,1,6-7H2,(H,17,18)(H,19,20)/b5-3+. The van der Waals surface area contributed by atoms with Gasteiger partial charge in [0.2, 0.25) is 5.91 Å². The summed E-state index contributed by atoms with van der Waals surface area (Å²) in [5.41, 5.74) is -0.577. The van der Waals surface area contributed by atoms with Crippen molar-refractivity contribution in [3.05, 3.63) is 40.7 Å². The highest BCUT2D eigenvalue weighted by Gasteiger charge is 2.45. The van der Waals surface area contributed by atoms with E-state index in [-0.39, 0.29) is 5.02 Å².